The molecule has 0 fully saturated rings. The van der Waals surface area contributed by atoms with Gasteiger partial charge in [-0.05, 0) is 26.0 Å². The summed E-state index contributed by atoms with van der Waals surface area (Å²) in [4.78, 5) is 4.29. The van der Waals surface area contributed by atoms with Crippen LogP contribution in [0.5, 0.6) is 0 Å². The summed E-state index contributed by atoms with van der Waals surface area (Å²) in [7, 11) is 0. The molecule has 0 aliphatic heterocycles. The third kappa shape index (κ3) is 1.62. The molecule has 2 aromatic heterocycles. The highest BCUT2D eigenvalue weighted by Gasteiger charge is 2.09. The fourth-order valence-electron chi connectivity index (χ4n) is 1.03. The number of thiazole rings is 1. The molecule has 2 rings (SSSR count). The van der Waals surface area contributed by atoms with Crippen LogP contribution in [-0.4, -0.2) is 4.98 Å². The van der Waals surface area contributed by atoms with E-state index in [0.29, 0.717) is 0 Å². The van der Waals surface area contributed by atoms with E-state index in [-0.39, 0.29) is 0 Å². The minimum Gasteiger partial charge on any atom is -0.459 e. The number of hydrogen-bond acceptors (Lipinski definition) is 3. The highest BCUT2D eigenvalue weighted by molar-refractivity contribution is 7.19. The Hall–Kier alpha value is -0.800. The van der Waals surface area contributed by atoms with E-state index in [2.05, 4.69) is 4.98 Å². The first-order valence-corrected chi connectivity index (χ1v) is 5.06. The van der Waals surface area contributed by atoms with Gasteiger partial charge in [-0.3, -0.25) is 0 Å². The SMILES string of the molecule is Cc1ccc(-c2nc(C)c(Cl)s2)o1. The van der Waals surface area contributed by atoms with Crippen molar-refractivity contribution in [3.05, 3.63) is 27.9 Å². The molecule has 0 radical (unpaired) electrons. The van der Waals surface area contributed by atoms with Crippen LogP contribution in [0.2, 0.25) is 4.34 Å². The summed E-state index contributed by atoms with van der Waals surface area (Å²) < 4.78 is 6.15. The van der Waals surface area contributed by atoms with Crippen LogP contribution < -0.4 is 0 Å². The van der Waals surface area contributed by atoms with Crippen molar-refractivity contribution in [2.24, 2.45) is 0 Å². The zero-order valence-corrected chi connectivity index (χ0v) is 8.87. The van der Waals surface area contributed by atoms with Gasteiger partial charge in [0.1, 0.15) is 10.1 Å². The topological polar surface area (TPSA) is 26.0 Å². The molecule has 2 aromatic rings. The van der Waals surface area contributed by atoms with Gasteiger partial charge in [0.15, 0.2) is 10.8 Å². The molecule has 68 valence electrons. The third-order valence-corrected chi connectivity index (χ3v) is 3.16. The number of rotatable bonds is 1. The molecule has 0 aromatic carbocycles. The second-order valence-corrected chi connectivity index (χ2v) is 4.39. The van der Waals surface area contributed by atoms with Gasteiger partial charge in [-0.15, -0.1) is 0 Å². The fraction of sp³-hybridized carbons (Fsp3) is 0.222. The van der Waals surface area contributed by atoms with E-state index in [4.69, 9.17) is 16.0 Å². The molecule has 0 saturated carbocycles. The lowest BCUT2D eigenvalue weighted by atomic mass is 10.4. The van der Waals surface area contributed by atoms with Gasteiger partial charge in [0.2, 0.25) is 0 Å². The number of hydrogen-bond donors (Lipinski definition) is 0. The summed E-state index contributed by atoms with van der Waals surface area (Å²) in [6.45, 7) is 3.80. The van der Waals surface area contributed by atoms with Crippen LogP contribution in [0.3, 0.4) is 0 Å². The van der Waals surface area contributed by atoms with E-state index in [1.54, 1.807) is 0 Å². The smallest absolute Gasteiger partial charge is 0.162 e. The van der Waals surface area contributed by atoms with Crippen molar-refractivity contribution in [2.45, 2.75) is 13.8 Å². The van der Waals surface area contributed by atoms with Crippen LogP contribution in [0.15, 0.2) is 16.5 Å². The van der Waals surface area contributed by atoms with Crippen molar-refractivity contribution < 1.29 is 4.42 Å². The van der Waals surface area contributed by atoms with Crippen LogP contribution >= 0.6 is 22.9 Å². The van der Waals surface area contributed by atoms with Gasteiger partial charge < -0.3 is 4.42 Å². The van der Waals surface area contributed by atoms with E-state index in [9.17, 15) is 0 Å². The van der Waals surface area contributed by atoms with Crippen molar-refractivity contribution in [1.29, 1.82) is 0 Å². The van der Waals surface area contributed by atoms with Gasteiger partial charge in [-0.2, -0.15) is 0 Å². The van der Waals surface area contributed by atoms with E-state index in [1.165, 1.54) is 11.3 Å². The molecule has 0 N–H and O–H groups in total. The lowest BCUT2D eigenvalue weighted by Gasteiger charge is -1.86. The van der Waals surface area contributed by atoms with Gasteiger partial charge in [0, 0.05) is 0 Å². The Morgan fingerprint density at radius 2 is 2.15 bits per heavy atom. The van der Waals surface area contributed by atoms with E-state index in [1.807, 2.05) is 26.0 Å². The molecule has 4 heteroatoms. The first kappa shape index (κ1) is 8.78. The lowest BCUT2D eigenvalue weighted by molar-refractivity contribution is 0.548. The Morgan fingerprint density at radius 3 is 2.62 bits per heavy atom. The largest absolute Gasteiger partial charge is 0.459 e. The predicted molar refractivity (Wildman–Crippen MR) is 54.3 cm³/mol. The summed E-state index contributed by atoms with van der Waals surface area (Å²) in [6, 6.07) is 3.82. The van der Waals surface area contributed by atoms with Crippen molar-refractivity contribution in [1.82, 2.24) is 4.98 Å². The van der Waals surface area contributed by atoms with E-state index >= 15 is 0 Å². The highest BCUT2D eigenvalue weighted by Crippen LogP contribution is 2.31. The van der Waals surface area contributed by atoms with Crippen LogP contribution in [0.25, 0.3) is 10.8 Å². The molecule has 2 nitrogen and oxygen atoms in total. The van der Waals surface area contributed by atoms with E-state index < -0.39 is 0 Å². The average molecular weight is 214 g/mol. The fourth-order valence-corrected chi connectivity index (χ4v) is 2.05. The summed E-state index contributed by atoms with van der Waals surface area (Å²) in [5, 5.41) is 0.843. The molecular weight excluding hydrogens is 206 g/mol. The van der Waals surface area contributed by atoms with Gasteiger partial charge in [-0.25, -0.2) is 4.98 Å². The summed E-state index contributed by atoms with van der Waals surface area (Å²) in [5.74, 6) is 1.68. The number of aryl methyl sites for hydroxylation is 2. The van der Waals surface area contributed by atoms with Crippen molar-refractivity contribution in [3.63, 3.8) is 0 Å². The molecule has 0 aliphatic rings. The number of nitrogens with zero attached hydrogens (tertiary/aromatic N) is 1. The van der Waals surface area contributed by atoms with Gasteiger partial charge in [-0.1, -0.05) is 22.9 Å². The van der Waals surface area contributed by atoms with Crippen molar-refractivity contribution in [3.8, 4) is 10.8 Å². The maximum atomic E-state index is 5.90. The molecular formula is C9H8ClNOS. The Kier molecular flexibility index (Phi) is 2.14. The van der Waals surface area contributed by atoms with Crippen molar-refractivity contribution >= 4 is 22.9 Å². The molecule has 13 heavy (non-hydrogen) atoms. The maximum Gasteiger partial charge on any atom is 0.162 e. The minimum absolute atomic E-state index is 0.726. The number of furan rings is 1. The van der Waals surface area contributed by atoms with Gasteiger partial charge in [0.25, 0.3) is 0 Å². The molecule has 0 atom stereocenters. The number of aromatic nitrogens is 1. The van der Waals surface area contributed by atoms with Crippen LogP contribution in [-0.2, 0) is 0 Å². The molecule has 2 heterocycles. The monoisotopic (exact) mass is 213 g/mol. The van der Waals surface area contributed by atoms with Gasteiger partial charge >= 0.3 is 0 Å². The zero-order valence-electron chi connectivity index (χ0n) is 7.30. The second-order valence-electron chi connectivity index (χ2n) is 2.79. The number of halogens is 1. The average Bonchev–Trinajstić information content (AvgIpc) is 2.61. The first-order valence-electron chi connectivity index (χ1n) is 3.86. The molecule has 0 amide bonds. The van der Waals surface area contributed by atoms with Crippen molar-refractivity contribution in [2.75, 3.05) is 0 Å². The van der Waals surface area contributed by atoms with Gasteiger partial charge in [0.05, 0.1) is 5.69 Å². The zero-order chi connectivity index (χ0) is 9.42. The third-order valence-electron chi connectivity index (χ3n) is 1.69. The normalized spacial score (nSPS) is 10.7. The maximum absolute atomic E-state index is 5.90. The quantitative estimate of drug-likeness (QED) is 0.723. The minimum atomic E-state index is 0.726. The second kappa shape index (κ2) is 3.16. The predicted octanol–water partition coefficient (Wildman–Crippen LogP) is 3.67. The van der Waals surface area contributed by atoms with E-state index in [0.717, 1.165) is 26.6 Å². The van der Waals surface area contributed by atoms with Crippen LogP contribution in [0.4, 0.5) is 0 Å². The first-order chi connectivity index (χ1) is 6.16. The standard InChI is InChI=1S/C9H8ClNOS/c1-5-3-4-7(12-5)9-11-6(2)8(10)13-9/h3-4H,1-2H3. The summed E-state index contributed by atoms with van der Waals surface area (Å²) in [6.07, 6.45) is 0. The van der Waals surface area contributed by atoms with Crippen LogP contribution in [0.1, 0.15) is 11.5 Å². The molecule has 0 unspecified atom stereocenters. The Morgan fingerprint density at radius 1 is 1.38 bits per heavy atom. The lowest BCUT2D eigenvalue weighted by Crippen LogP contribution is -1.72. The Labute approximate surface area is 85.2 Å². The summed E-state index contributed by atoms with van der Waals surface area (Å²) in [5.41, 5.74) is 0.857. The Balaban J connectivity index is 2.46. The highest BCUT2D eigenvalue weighted by atomic mass is 35.5. The molecule has 0 aliphatic carbocycles. The van der Waals surface area contributed by atoms with Crippen LogP contribution in [0, 0.1) is 13.8 Å². The molecule has 0 spiro atoms. The molecule has 0 bridgehead atoms. The molecule has 0 saturated heterocycles. The Bertz CT molecular complexity index is 413. The summed E-state index contributed by atoms with van der Waals surface area (Å²) >= 11 is 7.34.